The normalized spacial score (nSPS) is 14.5. The van der Waals surface area contributed by atoms with Crippen molar-refractivity contribution in [3.05, 3.63) is 60.3 Å². The highest BCUT2D eigenvalue weighted by Crippen LogP contribution is 2.29. The van der Waals surface area contributed by atoms with Gasteiger partial charge < -0.3 is 10.1 Å². The molecule has 0 fully saturated rings. The quantitative estimate of drug-likeness (QED) is 0.238. The van der Waals surface area contributed by atoms with Crippen molar-refractivity contribution in [3.63, 3.8) is 0 Å². The summed E-state index contributed by atoms with van der Waals surface area (Å²) < 4.78 is 16.0. The van der Waals surface area contributed by atoms with Crippen molar-refractivity contribution in [2.24, 2.45) is 0 Å². The predicted octanol–water partition coefficient (Wildman–Crippen LogP) is 7.76. The van der Waals surface area contributed by atoms with Crippen LogP contribution in [0.5, 0.6) is 0 Å². The minimum Gasteiger partial charge on any atom is -0.481 e. The largest absolute Gasteiger partial charge is 0.481 e. The van der Waals surface area contributed by atoms with E-state index in [9.17, 15) is 9.90 Å². The number of rotatable bonds is 15. The molecule has 158 valence electrons. The Morgan fingerprint density at radius 1 is 1.03 bits per heavy atom. The van der Waals surface area contributed by atoms with Gasteiger partial charge in [0.15, 0.2) is 0 Å². The van der Waals surface area contributed by atoms with E-state index in [4.69, 9.17) is 2.74 Å². The Morgan fingerprint density at radius 2 is 1.76 bits per heavy atom. The number of nitrogens with one attached hydrogen (secondary N) is 1. The molecule has 1 aromatic carbocycles. The van der Waals surface area contributed by atoms with E-state index in [1.807, 2.05) is 42.6 Å². The number of aliphatic carboxylic acids is 1. The van der Waals surface area contributed by atoms with Gasteiger partial charge in [-0.15, -0.1) is 0 Å². The van der Waals surface area contributed by atoms with E-state index in [0.29, 0.717) is 6.42 Å². The second kappa shape index (κ2) is 13.8. The lowest BCUT2D eigenvalue weighted by atomic mass is 9.91. The van der Waals surface area contributed by atoms with Gasteiger partial charge >= 0.3 is 5.97 Å². The fourth-order valence-electron chi connectivity index (χ4n) is 3.66. The molecule has 1 heterocycles. The van der Waals surface area contributed by atoms with Crippen LogP contribution in [0.25, 0.3) is 10.9 Å². The smallest absolute Gasteiger partial charge is 0.310 e. The molecule has 29 heavy (non-hydrogen) atoms. The molecule has 2 aromatic rings. The molecule has 0 spiro atoms. The number of aromatic nitrogens is 1. The Morgan fingerprint density at radius 3 is 2.48 bits per heavy atom. The van der Waals surface area contributed by atoms with Crippen LogP contribution in [0.2, 0.25) is 0 Å². The van der Waals surface area contributed by atoms with Gasteiger partial charge in [-0.25, -0.2) is 0 Å². The van der Waals surface area contributed by atoms with Gasteiger partial charge in [0.1, 0.15) is 0 Å². The van der Waals surface area contributed by atoms with E-state index >= 15 is 0 Å². The molecule has 0 aliphatic heterocycles. The molecule has 1 aromatic heterocycles. The lowest BCUT2D eigenvalue weighted by Gasteiger charge is -2.14. The number of carboxylic acids is 1. The van der Waals surface area contributed by atoms with E-state index in [1.165, 1.54) is 12.8 Å². The molecule has 1 unspecified atom stereocenters. The summed E-state index contributed by atoms with van der Waals surface area (Å²) in [5.74, 6) is -1.24. The van der Waals surface area contributed by atoms with Gasteiger partial charge in [0, 0.05) is 19.8 Å². The molecule has 2 rings (SSSR count). The number of fused-ring (bicyclic) bond motifs is 1. The molecule has 0 saturated heterocycles. The first-order valence-corrected chi connectivity index (χ1v) is 11.1. The number of carboxylic acid groups (broad SMARTS) is 1. The molecule has 0 aliphatic rings. The lowest BCUT2D eigenvalue weighted by molar-refractivity contribution is -0.139. The third-order valence-electron chi connectivity index (χ3n) is 5.32. The third kappa shape index (κ3) is 8.31. The Balaban J connectivity index is 1.68. The molecular formula is C26H37NO2. The van der Waals surface area contributed by atoms with Gasteiger partial charge in [-0.05, 0) is 56.2 Å². The molecule has 0 radical (unpaired) electrons. The number of hydrogen-bond acceptors (Lipinski definition) is 1. The zero-order chi connectivity index (χ0) is 22.5. The second-order valence-corrected chi connectivity index (χ2v) is 7.64. The SMILES string of the molecule is [2H]C([2H])(/C=C\CCCCC)/C=C\CCCCCCC(C(=O)O)c1cccc2[nH]ccc12. The number of benzene rings is 1. The summed E-state index contributed by atoms with van der Waals surface area (Å²) in [7, 11) is 0. The van der Waals surface area contributed by atoms with Gasteiger partial charge in [0.2, 0.25) is 0 Å². The minimum absolute atomic E-state index is 0.476. The van der Waals surface area contributed by atoms with E-state index in [1.54, 1.807) is 12.2 Å². The number of allylic oxidation sites excluding steroid dienone is 4. The van der Waals surface area contributed by atoms with Crippen LogP contribution in [-0.4, -0.2) is 16.1 Å². The zero-order valence-corrected chi connectivity index (χ0v) is 17.7. The zero-order valence-electron chi connectivity index (χ0n) is 19.7. The molecule has 0 amide bonds. The number of hydrogen-bond donors (Lipinski definition) is 2. The molecule has 0 aliphatic carbocycles. The lowest BCUT2D eigenvalue weighted by Crippen LogP contribution is -2.12. The standard InChI is InChI=1S/C26H37NO2/c1-2-3-4-5-6-7-8-9-10-11-12-13-14-15-17-24(26(28)29)22-18-16-19-25-23(22)20-21-27-25/h6-7,9-10,16,18-21,24,27H,2-5,8,11-15,17H2,1H3,(H,28,29)/b7-6-,10-9-/i8D2. The third-order valence-corrected chi connectivity index (χ3v) is 5.32. The number of aromatic amines is 1. The van der Waals surface area contributed by atoms with E-state index in [2.05, 4.69) is 11.9 Å². The van der Waals surface area contributed by atoms with E-state index < -0.39 is 18.3 Å². The van der Waals surface area contributed by atoms with E-state index in [0.717, 1.165) is 61.4 Å². The van der Waals surface area contributed by atoms with Crippen LogP contribution in [0, 0.1) is 0 Å². The van der Waals surface area contributed by atoms with Crippen LogP contribution in [0.15, 0.2) is 54.8 Å². The van der Waals surface area contributed by atoms with Crippen molar-refractivity contribution < 1.29 is 12.6 Å². The van der Waals surface area contributed by atoms with Crippen molar-refractivity contribution in [1.82, 2.24) is 4.98 Å². The maximum Gasteiger partial charge on any atom is 0.310 e. The molecule has 2 N–H and O–H groups in total. The minimum atomic E-state index is -1.37. The van der Waals surface area contributed by atoms with Crippen LogP contribution in [-0.2, 0) is 4.79 Å². The predicted molar refractivity (Wildman–Crippen MR) is 123 cm³/mol. The molecule has 0 saturated carbocycles. The van der Waals surface area contributed by atoms with Crippen molar-refractivity contribution in [2.75, 3.05) is 0 Å². The number of H-pyrrole nitrogens is 1. The van der Waals surface area contributed by atoms with Gasteiger partial charge in [0.25, 0.3) is 0 Å². The summed E-state index contributed by atoms with van der Waals surface area (Å²) in [5.41, 5.74) is 1.87. The van der Waals surface area contributed by atoms with Crippen molar-refractivity contribution in [2.45, 2.75) is 83.4 Å². The highest BCUT2D eigenvalue weighted by atomic mass is 16.4. The summed E-state index contributed by atoms with van der Waals surface area (Å²) in [6, 6.07) is 7.75. The van der Waals surface area contributed by atoms with Crippen molar-refractivity contribution in [1.29, 1.82) is 0 Å². The summed E-state index contributed by atoms with van der Waals surface area (Å²) in [5, 5.41) is 10.7. The van der Waals surface area contributed by atoms with Crippen LogP contribution >= 0.6 is 0 Å². The number of carbonyl (C=O) groups is 1. The van der Waals surface area contributed by atoms with Crippen molar-refractivity contribution >= 4 is 16.9 Å². The Labute approximate surface area is 178 Å². The van der Waals surface area contributed by atoms with Gasteiger partial charge in [-0.1, -0.05) is 75.5 Å². The highest BCUT2D eigenvalue weighted by molar-refractivity contribution is 5.89. The fourth-order valence-corrected chi connectivity index (χ4v) is 3.66. The maximum atomic E-state index is 11.8. The first-order chi connectivity index (χ1) is 14.9. The summed E-state index contributed by atoms with van der Waals surface area (Å²) in [6.45, 7) is 2.17. The van der Waals surface area contributed by atoms with E-state index in [-0.39, 0.29) is 0 Å². The highest BCUT2D eigenvalue weighted by Gasteiger charge is 2.21. The van der Waals surface area contributed by atoms with Crippen LogP contribution in [0.3, 0.4) is 0 Å². The van der Waals surface area contributed by atoms with Crippen LogP contribution in [0.1, 0.15) is 91.7 Å². The van der Waals surface area contributed by atoms with Crippen LogP contribution in [0.4, 0.5) is 0 Å². The Kier molecular flexibility index (Phi) is 9.53. The van der Waals surface area contributed by atoms with Crippen molar-refractivity contribution in [3.8, 4) is 0 Å². The topological polar surface area (TPSA) is 53.1 Å². The van der Waals surface area contributed by atoms with Gasteiger partial charge in [-0.3, -0.25) is 4.79 Å². The molecule has 0 bridgehead atoms. The number of unbranched alkanes of at least 4 members (excludes halogenated alkanes) is 7. The second-order valence-electron chi connectivity index (χ2n) is 7.64. The first kappa shape index (κ1) is 20.0. The Bertz CT molecular complexity index is 854. The monoisotopic (exact) mass is 397 g/mol. The molecule has 3 nitrogen and oxygen atoms in total. The molecule has 1 atom stereocenters. The average Bonchev–Trinajstić information content (AvgIpc) is 3.21. The summed E-state index contributed by atoms with van der Waals surface area (Å²) in [6.07, 6.45) is 17.5. The van der Waals surface area contributed by atoms with Gasteiger partial charge in [-0.2, -0.15) is 0 Å². The first-order valence-electron chi connectivity index (χ1n) is 12.1. The fraction of sp³-hybridized carbons (Fsp3) is 0.500. The summed E-state index contributed by atoms with van der Waals surface area (Å²) in [4.78, 5) is 15.0. The molecular weight excluding hydrogens is 358 g/mol. The van der Waals surface area contributed by atoms with Gasteiger partial charge in [0.05, 0.1) is 5.92 Å². The Hall–Kier alpha value is -2.29. The average molecular weight is 398 g/mol. The summed E-state index contributed by atoms with van der Waals surface area (Å²) >= 11 is 0. The van der Waals surface area contributed by atoms with Crippen LogP contribution < -0.4 is 0 Å². The molecule has 3 heteroatoms. The maximum absolute atomic E-state index is 11.8.